The molecule has 6 heteroatoms. The van der Waals surface area contributed by atoms with Crippen LogP contribution in [-0.2, 0) is 26.1 Å². The Morgan fingerprint density at radius 1 is 1.52 bits per heavy atom. The lowest BCUT2D eigenvalue weighted by Gasteiger charge is -2.13. The summed E-state index contributed by atoms with van der Waals surface area (Å²) in [6, 6.07) is 5.94. The molecule has 0 saturated heterocycles. The van der Waals surface area contributed by atoms with E-state index in [1.54, 1.807) is 6.07 Å². The monoisotopic (exact) mass is 309 g/mol. The van der Waals surface area contributed by atoms with E-state index in [1.165, 1.54) is 25.3 Å². The van der Waals surface area contributed by atoms with Crippen LogP contribution in [0.1, 0.15) is 30.4 Å². The summed E-state index contributed by atoms with van der Waals surface area (Å²) in [4.78, 5) is 11.3. The van der Waals surface area contributed by atoms with Crippen molar-refractivity contribution in [1.29, 1.82) is 5.26 Å². The van der Waals surface area contributed by atoms with Gasteiger partial charge in [0, 0.05) is 22.3 Å². The Morgan fingerprint density at radius 3 is 2.81 bits per heavy atom. The zero-order valence-electron chi connectivity index (χ0n) is 11.7. The number of nitriles is 1. The molecule has 21 heavy (non-hydrogen) atoms. The van der Waals surface area contributed by atoms with Gasteiger partial charge in [-0.2, -0.15) is 5.26 Å². The molecule has 4 nitrogen and oxygen atoms in total. The zero-order valence-corrected chi connectivity index (χ0v) is 12.5. The molecule has 0 amide bonds. The van der Waals surface area contributed by atoms with Gasteiger partial charge in [-0.3, -0.25) is 9.00 Å². The van der Waals surface area contributed by atoms with Crippen LogP contribution in [0.5, 0.6) is 0 Å². The van der Waals surface area contributed by atoms with Crippen molar-refractivity contribution < 1.29 is 18.1 Å². The first-order valence-electron chi connectivity index (χ1n) is 6.58. The van der Waals surface area contributed by atoms with Gasteiger partial charge in [-0.25, -0.2) is 4.39 Å². The minimum absolute atomic E-state index is 0.0415. The first-order valence-corrected chi connectivity index (χ1v) is 8.07. The van der Waals surface area contributed by atoms with Gasteiger partial charge in [0.15, 0.2) is 0 Å². The number of hydrogen-bond donors (Lipinski definition) is 0. The number of carbonyl (C=O) groups excluding carboxylic acids is 1. The van der Waals surface area contributed by atoms with Crippen molar-refractivity contribution in [2.24, 2.45) is 5.41 Å². The van der Waals surface area contributed by atoms with E-state index in [4.69, 9.17) is 5.26 Å². The summed E-state index contributed by atoms with van der Waals surface area (Å²) < 4.78 is 30.1. The molecule has 0 aromatic heterocycles. The smallest absolute Gasteiger partial charge is 0.306 e. The molecular weight excluding hydrogens is 293 g/mol. The quantitative estimate of drug-likeness (QED) is 0.756. The van der Waals surface area contributed by atoms with Crippen molar-refractivity contribution in [1.82, 2.24) is 0 Å². The van der Waals surface area contributed by atoms with Crippen LogP contribution in [0.2, 0.25) is 0 Å². The summed E-state index contributed by atoms with van der Waals surface area (Å²) in [7, 11) is 0.192. The predicted molar refractivity (Wildman–Crippen MR) is 76.1 cm³/mol. The summed E-state index contributed by atoms with van der Waals surface area (Å²) >= 11 is 0. The maximum Gasteiger partial charge on any atom is 0.306 e. The van der Waals surface area contributed by atoms with Crippen LogP contribution in [0, 0.1) is 22.6 Å². The van der Waals surface area contributed by atoms with Gasteiger partial charge in [-0.15, -0.1) is 0 Å². The van der Waals surface area contributed by atoms with Gasteiger partial charge in [0.25, 0.3) is 0 Å². The van der Waals surface area contributed by atoms with Gasteiger partial charge >= 0.3 is 5.97 Å². The molecule has 0 N–H and O–H groups in total. The lowest BCUT2D eigenvalue weighted by molar-refractivity contribution is -0.141. The van der Waals surface area contributed by atoms with Crippen molar-refractivity contribution in [3.8, 4) is 6.07 Å². The second-order valence-electron chi connectivity index (χ2n) is 5.41. The molecule has 112 valence electrons. The summed E-state index contributed by atoms with van der Waals surface area (Å²) in [5, 5.41) is 8.78. The number of methoxy groups -OCH3 is 1. The Kier molecular flexibility index (Phi) is 4.73. The largest absolute Gasteiger partial charge is 0.469 e. The van der Waals surface area contributed by atoms with Crippen LogP contribution >= 0.6 is 0 Å². The second kappa shape index (κ2) is 6.35. The molecule has 2 rings (SSSR count). The maximum atomic E-state index is 13.2. The van der Waals surface area contributed by atoms with Gasteiger partial charge in [0.1, 0.15) is 11.9 Å². The number of rotatable bonds is 6. The SMILES string of the molecule is COC(=O)CC1(CS(=O)Cc2ccc(F)c(C#N)c2)CC1. The number of hydrogen-bond acceptors (Lipinski definition) is 4. The van der Waals surface area contributed by atoms with Crippen LogP contribution in [0.4, 0.5) is 4.39 Å². The van der Waals surface area contributed by atoms with E-state index in [1.807, 2.05) is 0 Å². The van der Waals surface area contributed by atoms with E-state index in [-0.39, 0.29) is 22.7 Å². The van der Waals surface area contributed by atoms with Gasteiger partial charge in [-0.1, -0.05) is 6.07 Å². The van der Waals surface area contributed by atoms with E-state index in [9.17, 15) is 13.4 Å². The van der Waals surface area contributed by atoms with Gasteiger partial charge in [0.2, 0.25) is 0 Å². The van der Waals surface area contributed by atoms with Crippen molar-refractivity contribution in [3.63, 3.8) is 0 Å². The molecule has 0 radical (unpaired) electrons. The van der Waals surface area contributed by atoms with E-state index in [0.29, 0.717) is 17.7 Å². The van der Waals surface area contributed by atoms with Crippen LogP contribution in [-0.4, -0.2) is 23.0 Å². The Bertz CT molecular complexity index is 620. The molecule has 1 atom stereocenters. The van der Waals surface area contributed by atoms with E-state index in [0.717, 1.165) is 12.8 Å². The first-order chi connectivity index (χ1) is 9.98. The van der Waals surface area contributed by atoms with E-state index < -0.39 is 16.6 Å². The van der Waals surface area contributed by atoms with Crippen molar-refractivity contribution in [3.05, 3.63) is 35.1 Å². The molecule has 1 aromatic rings. The molecule has 1 aliphatic carbocycles. The minimum Gasteiger partial charge on any atom is -0.469 e. The lowest BCUT2D eigenvalue weighted by Crippen LogP contribution is -2.18. The molecule has 1 aromatic carbocycles. The average Bonchev–Trinajstić information content (AvgIpc) is 3.19. The number of ether oxygens (including phenoxy) is 1. The summed E-state index contributed by atoms with van der Waals surface area (Å²) in [6.45, 7) is 0. The normalized spacial score (nSPS) is 16.8. The number of nitrogens with zero attached hydrogens (tertiary/aromatic N) is 1. The summed E-state index contributed by atoms with van der Waals surface area (Å²) in [5.74, 6) is -0.159. The van der Waals surface area contributed by atoms with Gasteiger partial charge < -0.3 is 4.74 Å². The van der Waals surface area contributed by atoms with Crippen LogP contribution in [0.15, 0.2) is 18.2 Å². The fourth-order valence-electron chi connectivity index (χ4n) is 2.25. The molecule has 1 saturated carbocycles. The van der Waals surface area contributed by atoms with Gasteiger partial charge in [-0.05, 0) is 36.0 Å². The molecule has 1 aliphatic rings. The second-order valence-corrected chi connectivity index (χ2v) is 6.86. The van der Waals surface area contributed by atoms with Gasteiger partial charge in [0.05, 0.1) is 19.1 Å². The lowest BCUT2D eigenvalue weighted by atomic mass is 10.1. The standard InChI is InChI=1S/C15H16FNO3S/c1-20-14(18)7-15(4-5-15)10-21(19)9-11-2-3-13(16)12(6-11)8-17/h2-3,6H,4-5,7,9-10H2,1H3. The highest BCUT2D eigenvalue weighted by atomic mass is 32.2. The van der Waals surface area contributed by atoms with E-state index >= 15 is 0 Å². The van der Waals surface area contributed by atoms with Crippen molar-refractivity contribution >= 4 is 16.8 Å². The molecule has 0 spiro atoms. The zero-order chi connectivity index (χ0) is 15.5. The number of benzene rings is 1. The number of esters is 1. The fourth-order valence-corrected chi connectivity index (χ4v) is 3.98. The van der Waals surface area contributed by atoms with Crippen LogP contribution < -0.4 is 0 Å². The van der Waals surface area contributed by atoms with Crippen LogP contribution in [0.25, 0.3) is 0 Å². The third-order valence-corrected chi connectivity index (χ3v) is 5.24. The van der Waals surface area contributed by atoms with Crippen molar-refractivity contribution in [2.45, 2.75) is 25.0 Å². The van der Waals surface area contributed by atoms with E-state index in [2.05, 4.69) is 4.74 Å². The highest BCUT2D eigenvalue weighted by molar-refractivity contribution is 7.84. The average molecular weight is 309 g/mol. The molecule has 1 unspecified atom stereocenters. The van der Waals surface area contributed by atoms with Crippen molar-refractivity contribution in [2.75, 3.05) is 12.9 Å². The number of halogens is 1. The van der Waals surface area contributed by atoms with Crippen LogP contribution in [0.3, 0.4) is 0 Å². The molecular formula is C15H16FNO3S. The summed E-state index contributed by atoms with van der Waals surface area (Å²) in [6.07, 6.45) is 2.05. The topological polar surface area (TPSA) is 67.2 Å². The molecule has 0 bridgehead atoms. The summed E-state index contributed by atoms with van der Waals surface area (Å²) in [5.41, 5.74) is 0.427. The predicted octanol–water partition coefficient (Wildman–Crippen LogP) is 2.29. The Labute approximate surface area is 125 Å². The first kappa shape index (κ1) is 15.6. The Hall–Kier alpha value is -1.74. The Morgan fingerprint density at radius 2 is 2.24 bits per heavy atom. The maximum absolute atomic E-state index is 13.2. The molecule has 0 heterocycles. The Balaban J connectivity index is 1.96. The highest BCUT2D eigenvalue weighted by Crippen LogP contribution is 2.49. The molecule has 1 fully saturated rings. The molecule has 0 aliphatic heterocycles. The fraction of sp³-hybridized carbons (Fsp3) is 0.467. The third kappa shape index (κ3) is 4.11. The number of carbonyl (C=O) groups is 1. The third-order valence-electron chi connectivity index (χ3n) is 3.65. The minimum atomic E-state index is -1.15. The highest BCUT2D eigenvalue weighted by Gasteiger charge is 2.45.